The molecule has 0 aliphatic rings. The van der Waals surface area contributed by atoms with E-state index in [9.17, 15) is 4.79 Å². The highest BCUT2D eigenvalue weighted by molar-refractivity contribution is 5.79. The van der Waals surface area contributed by atoms with Crippen molar-refractivity contribution >= 4 is 5.97 Å². The molecule has 0 fully saturated rings. The molecule has 0 aliphatic heterocycles. The summed E-state index contributed by atoms with van der Waals surface area (Å²) in [6.07, 6.45) is 2.19. The maximum atomic E-state index is 9.51. The van der Waals surface area contributed by atoms with Gasteiger partial charge in [-0.05, 0) is 20.9 Å². The van der Waals surface area contributed by atoms with Crippen LogP contribution in [0.2, 0.25) is 0 Å². The van der Waals surface area contributed by atoms with Crippen LogP contribution < -0.4 is 5.32 Å². The summed E-state index contributed by atoms with van der Waals surface area (Å²) in [6, 6.07) is 0. The molecule has 0 heterocycles. The minimum absolute atomic E-state index is 0.366. The van der Waals surface area contributed by atoms with Crippen LogP contribution in [0.1, 0.15) is 13.8 Å². The van der Waals surface area contributed by atoms with E-state index in [4.69, 9.17) is 10.2 Å². The summed E-state index contributed by atoms with van der Waals surface area (Å²) in [5.74, 6) is -0.891. The molecule has 0 amide bonds. The maximum absolute atomic E-state index is 9.51. The number of carboxylic acid groups (broad SMARTS) is 1. The summed E-state index contributed by atoms with van der Waals surface area (Å²) < 4.78 is 0. The van der Waals surface area contributed by atoms with Crippen molar-refractivity contribution in [2.24, 2.45) is 0 Å². The van der Waals surface area contributed by atoms with E-state index in [1.165, 1.54) is 6.08 Å². The molecular formula is C7H15NO3. The van der Waals surface area contributed by atoms with Crippen LogP contribution in [0.15, 0.2) is 12.2 Å². The SMILES string of the molecule is C/C=C/C(=O)O.CNC(C)O. The molecule has 1 atom stereocenters. The second kappa shape index (κ2) is 9.13. The second-order valence-electron chi connectivity index (χ2n) is 1.80. The molecule has 0 aromatic heterocycles. The normalized spacial score (nSPS) is 12.0. The third-order valence-electron chi connectivity index (χ3n) is 0.727. The Morgan fingerprint density at radius 1 is 1.64 bits per heavy atom. The van der Waals surface area contributed by atoms with Crippen molar-refractivity contribution in [1.82, 2.24) is 5.32 Å². The van der Waals surface area contributed by atoms with Crippen molar-refractivity contribution in [1.29, 1.82) is 0 Å². The molecule has 0 bridgehead atoms. The second-order valence-corrected chi connectivity index (χ2v) is 1.80. The van der Waals surface area contributed by atoms with Crippen molar-refractivity contribution in [3.63, 3.8) is 0 Å². The lowest BCUT2D eigenvalue weighted by Crippen LogP contribution is -2.19. The smallest absolute Gasteiger partial charge is 0.327 e. The first-order valence-electron chi connectivity index (χ1n) is 3.25. The van der Waals surface area contributed by atoms with Gasteiger partial charge in [-0.3, -0.25) is 5.32 Å². The fourth-order valence-corrected chi connectivity index (χ4v) is 0.143. The number of hydrogen-bond acceptors (Lipinski definition) is 3. The molecule has 66 valence electrons. The van der Waals surface area contributed by atoms with Gasteiger partial charge in [-0.1, -0.05) is 6.08 Å². The summed E-state index contributed by atoms with van der Waals surface area (Å²) in [4.78, 5) is 9.51. The van der Waals surface area contributed by atoms with Crippen molar-refractivity contribution in [3.05, 3.63) is 12.2 Å². The number of aliphatic hydroxyl groups is 1. The Morgan fingerprint density at radius 3 is 2.00 bits per heavy atom. The van der Waals surface area contributed by atoms with E-state index in [2.05, 4.69) is 5.32 Å². The van der Waals surface area contributed by atoms with Crippen molar-refractivity contribution < 1.29 is 15.0 Å². The van der Waals surface area contributed by atoms with Gasteiger partial charge in [-0.2, -0.15) is 0 Å². The molecule has 0 spiro atoms. The molecule has 1 unspecified atom stereocenters. The Bertz CT molecular complexity index is 121. The highest BCUT2D eigenvalue weighted by Crippen LogP contribution is 1.65. The molecule has 0 saturated carbocycles. The first kappa shape index (κ1) is 12.8. The van der Waals surface area contributed by atoms with Crippen LogP contribution in [-0.4, -0.2) is 29.5 Å². The number of carbonyl (C=O) groups is 1. The molecule has 0 aromatic carbocycles. The van der Waals surface area contributed by atoms with Crippen LogP contribution in [-0.2, 0) is 4.79 Å². The van der Waals surface area contributed by atoms with Crippen molar-refractivity contribution in [3.8, 4) is 0 Å². The van der Waals surface area contributed by atoms with E-state index in [1.54, 1.807) is 20.9 Å². The molecule has 0 aliphatic carbocycles. The quantitative estimate of drug-likeness (QED) is 0.399. The molecule has 3 N–H and O–H groups in total. The molecule has 0 saturated heterocycles. The van der Waals surface area contributed by atoms with Gasteiger partial charge in [-0.25, -0.2) is 4.79 Å². The molecule has 0 radical (unpaired) electrons. The number of aliphatic hydroxyl groups excluding tert-OH is 1. The molecule has 4 heteroatoms. The lowest BCUT2D eigenvalue weighted by Gasteiger charge is -1.94. The van der Waals surface area contributed by atoms with Crippen molar-refractivity contribution in [2.45, 2.75) is 20.1 Å². The fraction of sp³-hybridized carbons (Fsp3) is 0.571. The van der Waals surface area contributed by atoms with E-state index in [-0.39, 0.29) is 6.23 Å². The Morgan fingerprint density at radius 2 is 2.00 bits per heavy atom. The van der Waals surface area contributed by atoms with Crippen molar-refractivity contribution in [2.75, 3.05) is 7.05 Å². The van der Waals surface area contributed by atoms with E-state index in [0.717, 1.165) is 6.08 Å². The lowest BCUT2D eigenvalue weighted by molar-refractivity contribution is -0.131. The fourth-order valence-electron chi connectivity index (χ4n) is 0.143. The van der Waals surface area contributed by atoms with Gasteiger partial charge >= 0.3 is 5.97 Å². The topological polar surface area (TPSA) is 69.6 Å². The predicted molar refractivity (Wildman–Crippen MR) is 43.2 cm³/mol. The molecule has 0 rings (SSSR count). The van der Waals surface area contributed by atoms with Gasteiger partial charge in [0.05, 0.1) is 0 Å². The van der Waals surface area contributed by atoms with Crippen LogP contribution in [0.25, 0.3) is 0 Å². The minimum atomic E-state index is -0.891. The van der Waals surface area contributed by atoms with E-state index in [0.29, 0.717) is 0 Å². The Hall–Kier alpha value is -0.870. The summed E-state index contributed by atoms with van der Waals surface area (Å²) in [7, 11) is 1.70. The Labute approximate surface area is 66.5 Å². The summed E-state index contributed by atoms with van der Waals surface area (Å²) >= 11 is 0. The van der Waals surface area contributed by atoms with Gasteiger partial charge in [0.15, 0.2) is 0 Å². The van der Waals surface area contributed by atoms with Gasteiger partial charge in [0.1, 0.15) is 6.23 Å². The van der Waals surface area contributed by atoms with Gasteiger partial charge in [0.25, 0.3) is 0 Å². The minimum Gasteiger partial charge on any atom is -0.478 e. The monoisotopic (exact) mass is 161 g/mol. The Kier molecular flexibility index (Phi) is 10.6. The third-order valence-corrected chi connectivity index (χ3v) is 0.727. The van der Waals surface area contributed by atoms with Crippen LogP contribution in [0.5, 0.6) is 0 Å². The summed E-state index contributed by atoms with van der Waals surface area (Å²) in [5, 5.41) is 18.7. The van der Waals surface area contributed by atoms with Crippen LogP contribution in [0, 0.1) is 0 Å². The first-order chi connectivity index (χ1) is 5.04. The average molecular weight is 161 g/mol. The molecule has 4 nitrogen and oxygen atoms in total. The first-order valence-corrected chi connectivity index (χ1v) is 3.25. The van der Waals surface area contributed by atoms with Crippen LogP contribution in [0.4, 0.5) is 0 Å². The summed E-state index contributed by atoms with van der Waals surface area (Å²) in [6.45, 7) is 3.33. The molecular weight excluding hydrogens is 146 g/mol. The lowest BCUT2D eigenvalue weighted by atomic mass is 10.5. The van der Waals surface area contributed by atoms with E-state index < -0.39 is 5.97 Å². The largest absolute Gasteiger partial charge is 0.478 e. The molecule has 0 aromatic rings. The summed E-state index contributed by atoms with van der Waals surface area (Å²) in [5.41, 5.74) is 0. The number of carboxylic acids is 1. The number of nitrogens with one attached hydrogen (secondary N) is 1. The zero-order chi connectivity index (χ0) is 9.28. The standard InChI is InChI=1S/C4H6O2.C3H9NO/c1-2-3-4(5)6;1-3(5)4-2/h2-3H,1H3,(H,5,6);3-5H,1-2H3/b3-2+;. The number of allylic oxidation sites excluding steroid dienone is 1. The molecule has 11 heavy (non-hydrogen) atoms. The van der Waals surface area contributed by atoms with Gasteiger partial charge < -0.3 is 10.2 Å². The van der Waals surface area contributed by atoms with Crippen LogP contribution >= 0.6 is 0 Å². The van der Waals surface area contributed by atoms with Crippen LogP contribution in [0.3, 0.4) is 0 Å². The zero-order valence-electron chi connectivity index (χ0n) is 7.03. The van der Waals surface area contributed by atoms with Gasteiger partial charge in [-0.15, -0.1) is 0 Å². The van der Waals surface area contributed by atoms with E-state index >= 15 is 0 Å². The van der Waals surface area contributed by atoms with Gasteiger partial charge in [0.2, 0.25) is 0 Å². The number of aliphatic carboxylic acids is 1. The predicted octanol–water partition coefficient (Wildman–Crippen LogP) is 0.191. The number of hydrogen-bond donors (Lipinski definition) is 3. The van der Waals surface area contributed by atoms with Gasteiger partial charge in [0, 0.05) is 6.08 Å². The Balaban J connectivity index is 0. The maximum Gasteiger partial charge on any atom is 0.327 e. The average Bonchev–Trinajstić information content (AvgIpc) is 1.89. The third kappa shape index (κ3) is 27.2. The zero-order valence-corrected chi connectivity index (χ0v) is 7.03. The highest BCUT2D eigenvalue weighted by Gasteiger charge is 1.78. The highest BCUT2D eigenvalue weighted by atomic mass is 16.4. The van der Waals surface area contributed by atoms with E-state index in [1.807, 2.05) is 0 Å². The number of rotatable bonds is 2.